The molecule has 1 N–H and O–H groups in total. The van der Waals surface area contributed by atoms with Crippen LogP contribution in [0.1, 0.15) is 44.2 Å². The minimum atomic E-state index is -0.478. The molecular weight excluding hydrogens is 278 g/mol. The fraction of sp³-hybridized carbons (Fsp3) is 0.611. The summed E-state index contributed by atoms with van der Waals surface area (Å²) in [6.45, 7) is 5.77. The molecule has 0 fully saturated rings. The lowest BCUT2D eigenvalue weighted by molar-refractivity contribution is -0.127. The van der Waals surface area contributed by atoms with Crippen molar-refractivity contribution in [3.8, 4) is 5.75 Å². The molecule has 4 heteroatoms. The van der Waals surface area contributed by atoms with Gasteiger partial charge in [0.2, 0.25) is 0 Å². The number of aryl methyl sites for hydroxylation is 2. The van der Waals surface area contributed by atoms with Crippen molar-refractivity contribution < 1.29 is 14.3 Å². The Morgan fingerprint density at radius 3 is 2.82 bits per heavy atom. The highest BCUT2D eigenvalue weighted by Gasteiger charge is 2.15. The first-order valence-corrected chi connectivity index (χ1v) is 8.34. The second-order valence-electron chi connectivity index (χ2n) is 5.74. The molecule has 0 bridgehead atoms. The lowest BCUT2D eigenvalue weighted by Crippen LogP contribution is -2.37. The summed E-state index contributed by atoms with van der Waals surface area (Å²) < 4.78 is 11.0. The largest absolute Gasteiger partial charge is 0.481 e. The van der Waals surface area contributed by atoms with Gasteiger partial charge in [-0.1, -0.05) is 6.07 Å². The van der Waals surface area contributed by atoms with Gasteiger partial charge in [0.25, 0.3) is 5.91 Å². The molecule has 4 nitrogen and oxygen atoms in total. The van der Waals surface area contributed by atoms with Crippen molar-refractivity contribution >= 4 is 5.91 Å². The molecule has 0 radical (unpaired) electrons. The summed E-state index contributed by atoms with van der Waals surface area (Å²) >= 11 is 0. The van der Waals surface area contributed by atoms with Crippen LogP contribution < -0.4 is 10.1 Å². The van der Waals surface area contributed by atoms with Gasteiger partial charge in [-0.2, -0.15) is 0 Å². The smallest absolute Gasteiger partial charge is 0.260 e. The van der Waals surface area contributed by atoms with Crippen LogP contribution >= 0.6 is 0 Å². The fourth-order valence-electron chi connectivity index (χ4n) is 2.71. The Morgan fingerprint density at radius 2 is 2.05 bits per heavy atom. The van der Waals surface area contributed by atoms with Gasteiger partial charge in [-0.05, 0) is 69.2 Å². The van der Waals surface area contributed by atoms with E-state index in [-0.39, 0.29) is 5.91 Å². The van der Waals surface area contributed by atoms with Crippen molar-refractivity contribution in [2.24, 2.45) is 0 Å². The molecule has 0 saturated heterocycles. The number of carbonyl (C=O) groups excluding carboxylic acids is 1. The van der Waals surface area contributed by atoms with E-state index in [1.807, 2.05) is 13.0 Å². The zero-order chi connectivity index (χ0) is 15.8. The molecule has 1 amide bonds. The lowest BCUT2D eigenvalue weighted by Gasteiger charge is -2.19. The Balaban J connectivity index is 1.78. The van der Waals surface area contributed by atoms with Crippen LogP contribution in [0.15, 0.2) is 18.2 Å². The molecule has 1 aliphatic rings. The van der Waals surface area contributed by atoms with Crippen LogP contribution in [-0.2, 0) is 22.4 Å². The molecule has 122 valence electrons. The molecule has 1 aliphatic carbocycles. The Morgan fingerprint density at radius 1 is 1.27 bits per heavy atom. The molecule has 0 aliphatic heterocycles. The van der Waals surface area contributed by atoms with E-state index in [4.69, 9.17) is 9.47 Å². The quantitative estimate of drug-likeness (QED) is 0.751. The Bertz CT molecular complexity index is 487. The number of benzene rings is 1. The maximum Gasteiger partial charge on any atom is 0.260 e. The predicted octanol–water partition coefficient (Wildman–Crippen LogP) is 2.88. The summed E-state index contributed by atoms with van der Waals surface area (Å²) in [4.78, 5) is 12.0. The van der Waals surface area contributed by atoms with E-state index in [1.165, 1.54) is 24.0 Å². The monoisotopic (exact) mass is 305 g/mol. The normalized spacial score (nSPS) is 15.0. The molecule has 1 aromatic carbocycles. The predicted molar refractivity (Wildman–Crippen MR) is 87.3 cm³/mol. The summed E-state index contributed by atoms with van der Waals surface area (Å²) in [6.07, 6.45) is 5.13. The topological polar surface area (TPSA) is 47.6 Å². The van der Waals surface area contributed by atoms with Crippen molar-refractivity contribution in [3.05, 3.63) is 29.3 Å². The average molecular weight is 305 g/mol. The number of rotatable bonds is 8. The van der Waals surface area contributed by atoms with Crippen LogP contribution in [-0.4, -0.2) is 31.8 Å². The fourth-order valence-corrected chi connectivity index (χ4v) is 2.71. The highest BCUT2D eigenvalue weighted by atomic mass is 16.5. The van der Waals surface area contributed by atoms with Crippen molar-refractivity contribution in [3.63, 3.8) is 0 Å². The third kappa shape index (κ3) is 5.02. The van der Waals surface area contributed by atoms with Crippen molar-refractivity contribution in [1.29, 1.82) is 0 Å². The molecule has 2 rings (SSSR count). The number of hydrogen-bond acceptors (Lipinski definition) is 3. The highest BCUT2D eigenvalue weighted by molar-refractivity contribution is 5.80. The van der Waals surface area contributed by atoms with Gasteiger partial charge < -0.3 is 14.8 Å². The van der Waals surface area contributed by atoms with E-state index in [0.29, 0.717) is 19.8 Å². The van der Waals surface area contributed by atoms with E-state index in [9.17, 15) is 4.79 Å². The highest BCUT2D eigenvalue weighted by Crippen LogP contribution is 2.25. The SMILES string of the molecule is CCOCCCNC(=O)[C@@H](C)Oc1ccc2c(c1)CCCC2. The second-order valence-corrected chi connectivity index (χ2v) is 5.74. The van der Waals surface area contributed by atoms with Crippen molar-refractivity contribution in [2.75, 3.05) is 19.8 Å². The molecule has 0 saturated carbocycles. The van der Waals surface area contributed by atoms with Crippen LogP contribution in [0.25, 0.3) is 0 Å². The molecule has 0 spiro atoms. The Kier molecular flexibility index (Phi) is 6.72. The Hall–Kier alpha value is -1.55. The summed E-state index contributed by atoms with van der Waals surface area (Å²) in [5.74, 6) is 0.715. The zero-order valence-corrected chi connectivity index (χ0v) is 13.7. The number of carbonyl (C=O) groups is 1. The van der Waals surface area contributed by atoms with Gasteiger partial charge >= 0.3 is 0 Å². The first-order chi connectivity index (χ1) is 10.7. The standard InChI is InChI=1S/C18H27NO3/c1-3-21-12-6-11-19-18(20)14(2)22-17-10-9-15-7-4-5-8-16(15)13-17/h9-10,13-14H,3-8,11-12H2,1-2H3,(H,19,20)/t14-/m1/s1. The van der Waals surface area contributed by atoms with Gasteiger partial charge in [-0.15, -0.1) is 0 Å². The third-order valence-corrected chi connectivity index (χ3v) is 3.97. The van der Waals surface area contributed by atoms with Crippen LogP contribution in [0.2, 0.25) is 0 Å². The van der Waals surface area contributed by atoms with Crippen LogP contribution in [0.4, 0.5) is 0 Å². The van der Waals surface area contributed by atoms with E-state index in [0.717, 1.165) is 25.0 Å². The van der Waals surface area contributed by atoms with E-state index in [2.05, 4.69) is 17.4 Å². The molecule has 1 aromatic rings. The molecule has 0 heterocycles. The number of ether oxygens (including phenoxy) is 2. The lowest BCUT2D eigenvalue weighted by atomic mass is 9.92. The third-order valence-electron chi connectivity index (χ3n) is 3.97. The first-order valence-electron chi connectivity index (χ1n) is 8.34. The number of fused-ring (bicyclic) bond motifs is 1. The van der Waals surface area contributed by atoms with Crippen LogP contribution in [0.3, 0.4) is 0 Å². The molecular formula is C18H27NO3. The van der Waals surface area contributed by atoms with Gasteiger partial charge in [0, 0.05) is 19.8 Å². The second kappa shape index (κ2) is 8.79. The molecule has 22 heavy (non-hydrogen) atoms. The minimum absolute atomic E-state index is 0.0748. The minimum Gasteiger partial charge on any atom is -0.481 e. The summed E-state index contributed by atoms with van der Waals surface area (Å²) in [5, 5.41) is 2.88. The number of amides is 1. The molecule has 0 unspecified atom stereocenters. The average Bonchev–Trinajstić information content (AvgIpc) is 2.54. The summed E-state index contributed by atoms with van der Waals surface area (Å²) in [5.41, 5.74) is 2.79. The molecule has 1 atom stereocenters. The summed E-state index contributed by atoms with van der Waals surface area (Å²) in [7, 11) is 0. The van der Waals surface area contributed by atoms with Gasteiger partial charge in [-0.3, -0.25) is 4.79 Å². The number of nitrogens with one attached hydrogen (secondary N) is 1. The molecule has 0 aromatic heterocycles. The zero-order valence-electron chi connectivity index (χ0n) is 13.7. The van der Waals surface area contributed by atoms with Gasteiger partial charge in [0.1, 0.15) is 5.75 Å². The van der Waals surface area contributed by atoms with E-state index >= 15 is 0 Å². The van der Waals surface area contributed by atoms with Crippen LogP contribution in [0.5, 0.6) is 5.75 Å². The summed E-state index contributed by atoms with van der Waals surface area (Å²) in [6, 6.07) is 6.20. The van der Waals surface area contributed by atoms with Crippen molar-refractivity contribution in [1.82, 2.24) is 5.32 Å². The van der Waals surface area contributed by atoms with Gasteiger partial charge in [-0.25, -0.2) is 0 Å². The van der Waals surface area contributed by atoms with Crippen molar-refractivity contribution in [2.45, 2.75) is 52.1 Å². The maximum atomic E-state index is 12.0. The van der Waals surface area contributed by atoms with E-state index in [1.54, 1.807) is 6.92 Å². The van der Waals surface area contributed by atoms with E-state index < -0.39 is 6.10 Å². The van der Waals surface area contributed by atoms with Crippen LogP contribution in [0, 0.1) is 0 Å². The maximum absolute atomic E-state index is 12.0. The Labute approximate surface area is 133 Å². The van der Waals surface area contributed by atoms with Gasteiger partial charge in [0.05, 0.1) is 0 Å². The van der Waals surface area contributed by atoms with Gasteiger partial charge in [0.15, 0.2) is 6.10 Å². The number of hydrogen-bond donors (Lipinski definition) is 1. The first kappa shape index (κ1) is 16.8.